The number of H-pyrrole nitrogens is 1. The maximum Gasteiger partial charge on any atom is 0.327 e. The number of rotatable bonds is 14. The molecule has 1 aliphatic heterocycles. The number of carboxylic acid groups (broad SMARTS) is 1. The number of nitrogen functional groups attached to an aromatic ring is 1. The van der Waals surface area contributed by atoms with Gasteiger partial charge in [0.2, 0.25) is 0 Å². The number of unbranched alkanes of at least 4 members (excludes halogenated alkanes) is 1. The van der Waals surface area contributed by atoms with Gasteiger partial charge in [-0.05, 0) is 30.4 Å². The molecule has 1 aromatic carbocycles. The van der Waals surface area contributed by atoms with Crippen molar-refractivity contribution in [2.75, 3.05) is 36.5 Å². The average Bonchev–Trinajstić information content (AvgIpc) is 3.49. The fraction of sp³-hybridized carbons (Fsp3) is 0.538. The number of aromatic amines is 1. The zero-order chi connectivity index (χ0) is 27.1. The van der Waals surface area contributed by atoms with Crippen molar-refractivity contribution in [3.05, 3.63) is 45.9 Å². The quantitative estimate of drug-likeness (QED) is 0.105. The van der Waals surface area contributed by atoms with Crippen LogP contribution in [-0.4, -0.2) is 77.2 Å². The Morgan fingerprint density at radius 1 is 1.26 bits per heavy atom. The molecule has 1 saturated heterocycles. The summed E-state index contributed by atoms with van der Waals surface area (Å²) in [7, 11) is 0. The second kappa shape index (κ2) is 13.4. The molecule has 11 nitrogen and oxygen atoms in total. The molecule has 0 radical (unpaired) electrons. The molecule has 0 amide bonds. The van der Waals surface area contributed by atoms with Crippen molar-refractivity contribution in [1.29, 1.82) is 0 Å². The van der Waals surface area contributed by atoms with E-state index in [0.717, 1.165) is 67.5 Å². The second-order valence-corrected chi connectivity index (χ2v) is 10.4. The highest BCUT2D eigenvalue weighted by Crippen LogP contribution is 2.21. The summed E-state index contributed by atoms with van der Waals surface area (Å²) < 4.78 is 8.27. The van der Waals surface area contributed by atoms with E-state index in [4.69, 9.17) is 15.6 Å². The number of alkyl halides is 1. The molecular weight excluding hydrogens is 601 g/mol. The summed E-state index contributed by atoms with van der Waals surface area (Å²) in [5.74, 6) is -0.626. The van der Waals surface area contributed by atoms with Crippen LogP contribution >= 0.6 is 22.6 Å². The number of aryl methyl sites for hydroxylation is 1. The molecule has 1 fully saturated rings. The first kappa shape index (κ1) is 28.3. The Labute approximate surface area is 235 Å². The molecule has 1 aliphatic rings. The normalized spacial score (nSPS) is 16.0. The largest absolute Gasteiger partial charge is 0.481 e. The van der Waals surface area contributed by atoms with Gasteiger partial charge in [0.25, 0.3) is 0 Å². The number of halogens is 1. The number of nitrogens with one attached hydrogen (secondary N) is 1. The number of aliphatic carboxylic acids is 1. The van der Waals surface area contributed by atoms with Gasteiger partial charge in [0.1, 0.15) is 5.52 Å². The monoisotopic (exact) mass is 637 g/mol. The Hall–Kier alpha value is -2.71. The molecule has 0 aliphatic carbocycles. The van der Waals surface area contributed by atoms with Crippen molar-refractivity contribution in [2.45, 2.75) is 58.2 Å². The van der Waals surface area contributed by atoms with E-state index in [9.17, 15) is 9.59 Å². The lowest BCUT2D eigenvalue weighted by molar-refractivity contribution is -0.136. The van der Waals surface area contributed by atoms with Crippen LogP contribution in [0.5, 0.6) is 6.01 Å². The van der Waals surface area contributed by atoms with E-state index in [1.165, 1.54) is 0 Å². The Kier molecular flexibility index (Phi) is 9.97. The highest BCUT2D eigenvalue weighted by Gasteiger charge is 2.27. The van der Waals surface area contributed by atoms with Gasteiger partial charge in [-0.15, -0.1) is 0 Å². The molecule has 0 unspecified atom stereocenters. The van der Waals surface area contributed by atoms with Crippen LogP contribution in [-0.2, 0) is 24.3 Å². The van der Waals surface area contributed by atoms with Crippen molar-refractivity contribution in [3.63, 3.8) is 0 Å². The summed E-state index contributed by atoms with van der Waals surface area (Å²) in [5, 5.41) is 9.05. The number of benzene rings is 1. The number of anilines is 1. The summed E-state index contributed by atoms with van der Waals surface area (Å²) in [6.45, 7) is 6.71. The lowest BCUT2D eigenvalue weighted by Crippen LogP contribution is -2.38. The lowest BCUT2D eigenvalue weighted by atomic mass is 10.1. The van der Waals surface area contributed by atoms with Gasteiger partial charge in [-0.1, -0.05) is 60.2 Å². The zero-order valence-electron chi connectivity index (χ0n) is 21.7. The molecule has 12 heteroatoms. The number of fused-ring (bicyclic) bond motifs is 1. The third-order valence-electron chi connectivity index (χ3n) is 6.88. The summed E-state index contributed by atoms with van der Waals surface area (Å²) in [6, 6.07) is 8.42. The van der Waals surface area contributed by atoms with Crippen molar-refractivity contribution in [2.24, 2.45) is 0 Å². The maximum atomic E-state index is 12.8. The number of aromatic nitrogens is 4. The van der Waals surface area contributed by atoms with E-state index in [-0.39, 0.29) is 23.9 Å². The predicted octanol–water partition coefficient (Wildman–Crippen LogP) is 2.87. The summed E-state index contributed by atoms with van der Waals surface area (Å²) in [4.78, 5) is 40.2. The van der Waals surface area contributed by atoms with Crippen molar-refractivity contribution in [1.82, 2.24) is 29.3 Å². The minimum atomic E-state index is -0.830. The van der Waals surface area contributed by atoms with Crippen LogP contribution < -0.4 is 16.2 Å². The Balaban J connectivity index is 1.47. The van der Waals surface area contributed by atoms with Gasteiger partial charge >= 0.3 is 17.7 Å². The third kappa shape index (κ3) is 7.23. The molecule has 206 valence electrons. The third-order valence-corrected chi connectivity index (χ3v) is 7.85. The zero-order valence-corrected chi connectivity index (χ0v) is 23.9. The minimum Gasteiger partial charge on any atom is -0.481 e. The van der Waals surface area contributed by atoms with Gasteiger partial charge < -0.3 is 20.6 Å². The summed E-state index contributed by atoms with van der Waals surface area (Å²) >= 11 is 2.41. The number of ether oxygens (including phenoxy) is 1. The molecule has 4 N–H and O–H groups in total. The van der Waals surface area contributed by atoms with Crippen LogP contribution in [0.2, 0.25) is 0 Å². The first-order valence-corrected chi connectivity index (χ1v) is 14.6. The molecule has 3 heterocycles. The predicted molar refractivity (Wildman–Crippen MR) is 155 cm³/mol. The molecule has 0 spiro atoms. The van der Waals surface area contributed by atoms with Crippen LogP contribution in [0.1, 0.15) is 43.7 Å². The van der Waals surface area contributed by atoms with E-state index in [2.05, 4.69) is 54.3 Å². The average molecular weight is 638 g/mol. The van der Waals surface area contributed by atoms with Crippen LogP contribution in [0.3, 0.4) is 0 Å². The number of hydrogen-bond acceptors (Lipinski definition) is 8. The number of carbonyl (C=O) groups is 1. The SMILES string of the molecule is CCCCOc1nc(N)c2[nH]c(=O)n(CCCN(Cc3ccc(CC(=O)O)cc3)[C@@H]3CCN(CI)C3)c2n1. The topological polar surface area (TPSA) is 143 Å². The Bertz CT molecular complexity index is 1280. The van der Waals surface area contributed by atoms with E-state index in [0.29, 0.717) is 30.4 Å². The number of likely N-dealkylation sites (tertiary alicyclic amines) is 1. The molecule has 2 aromatic heterocycles. The second-order valence-electron chi connectivity index (χ2n) is 9.72. The van der Waals surface area contributed by atoms with Crippen LogP contribution in [0.4, 0.5) is 5.82 Å². The van der Waals surface area contributed by atoms with Crippen LogP contribution in [0.25, 0.3) is 11.2 Å². The van der Waals surface area contributed by atoms with E-state index >= 15 is 0 Å². The van der Waals surface area contributed by atoms with E-state index < -0.39 is 5.97 Å². The Morgan fingerprint density at radius 3 is 2.71 bits per heavy atom. The highest BCUT2D eigenvalue weighted by molar-refractivity contribution is 14.1. The van der Waals surface area contributed by atoms with Gasteiger partial charge in [0.15, 0.2) is 11.5 Å². The van der Waals surface area contributed by atoms with Crippen molar-refractivity contribution < 1.29 is 14.6 Å². The molecular formula is C26H36IN7O4. The van der Waals surface area contributed by atoms with Crippen molar-refractivity contribution in [3.8, 4) is 6.01 Å². The number of nitrogens with two attached hydrogens (primary N) is 1. The molecule has 0 saturated carbocycles. The standard InChI is InChI=1S/C26H36IN7O4/c1-2-3-13-38-25-30-23(28)22-24(31-25)34(26(37)29-22)11-4-10-33(20-9-12-32(16-20)17-27)15-19-7-5-18(6-8-19)14-21(35)36/h5-8,20H,2-4,9-17H2,1H3,(H,29,37)(H,35,36)(H2,28,30,31)/t20-/m1/s1. The minimum absolute atomic E-state index is 0.0238. The van der Waals surface area contributed by atoms with Crippen LogP contribution in [0.15, 0.2) is 29.1 Å². The summed E-state index contributed by atoms with van der Waals surface area (Å²) in [5.41, 5.74) is 8.67. The smallest absolute Gasteiger partial charge is 0.327 e. The molecule has 0 bridgehead atoms. The first-order valence-electron chi connectivity index (χ1n) is 13.1. The lowest BCUT2D eigenvalue weighted by Gasteiger charge is -2.29. The number of imidazole rings is 1. The molecule has 38 heavy (non-hydrogen) atoms. The maximum absolute atomic E-state index is 12.8. The number of carboxylic acids is 1. The number of hydrogen-bond donors (Lipinski definition) is 3. The Morgan fingerprint density at radius 2 is 2.03 bits per heavy atom. The van der Waals surface area contributed by atoms with Gasteiger partial charge in [-0.3, -0.25) is 19.2 Å². The molecule has 1 atom stereocenters. The van der Waals surface area contributed by atoms with Crippen LogP contribution in [0, 0.1) is 0 Å². The fourth-order valence-corrected chi connectivity index (χ4v) is 5.44. The summed E-state index contributed by atoms with van der Waals surface area (Å²) in [6.07, 6.45) is 3.74. The highest BCUT2D eigenvalue weighted by atomic mass is 127. The molecule has 3 aromatic rings. The van der Waals surface area contributed by atoms with E-state index in [1.54, 1.807) is 4.57 Å². The van der Waals surface area contributed by atoms with Gasteiger partial charge in [0.05, 0.1) is 17.6 Å². The number of nitrogens with zero attached hydrogens (tertiary/aromatic N) is 5. The van der Waals surface area contributed by atoms with Gasteiger partial charge in [-0.25, -0.2) is 4.79 Å². The van der Waals surface area contributed by atoms with Gasteiger partial charge in [0, 0.05) is 38.8 Å². The van der Waals surface area contributed by atoms with Gasteiger partial charge in [-0.2, -0.15) is 9.97 Å². The fourth-order valence-electron chi connectivity index (χ4n) is 4.82. The van der Waals surface area contributed by atoms with E-state index in [1.807, 2.05) is 24.3 Å². The molecule has 4 rings (SSSR count). The van der Waals surface area contributed by atoms with Crippen molar-refractivity contribution >= 4 is 45.5 Å². The first-order chi connectivity index (χ1) is 18.4.